The molecule has 0 unspecified atom stereocenters. The Morgan fingerprint density at radius 1 is 1.00 bits per heavy atom. The number of amides is 2. The average molecular weight is 466 g/mol. The first-order valence-electron chi connectivity index (χ1n) is 10.5. The first kappa shape index (κ1) is 26.2. The van der Waals surface area contributed by atoms with Crippen molar-refractivity contribution < 1.29 is 27.5 Å². The molecule has 0 aromatic heterocycles. The number of aryl methyl sites for hydroxylation is 2. The van der Waals surface area contributed by atoms with Crippen molar-refractivity contribution >= 4 is 11.8 Å². The average Bonchev–Trinajstić information content (AvgIpc) is 2.70. The number of carbonyl (C=O) groups is 2. The van der Waals surface area contributed by atoms with E-state index in [1.54, 1.807) is 37.9 Å². The summed E-state index contributed by atoms with van der Waals surface area (Å²) in [5.74, 6) is -0.413. The van der Waals surface area contributed by atoms with Crippen LogP contribution in [0.2, 0.25) is 0 Å². The topological polar surface area (TPSA) is 75.9 Å². The van der Waals surface area contributed by atoms with Gasteiger partial charge in [-0.3, -0.25) is 14.5 Å². The van der Waals surface area contributed by atoms with Gasteiger partial charge < -0.3 is 15.4 Å². The maximum Gasteiger partial charge on any atom is 0.422 e. The Bertz CT molecular complexity index is 926. The second-order valence-electron chi connectivity index (χ2n) is 8.15. The Kier molecular flexibility index (Phi) is 9.28. The van der Waals surface area contributed by atoms with E-state index in [9.17, 15) is 22.8 Å². The van der Waals surface area contributed by atoms with Gasteiger partial charge in [0.2, 0.25) is 11.8 Å². The van der Waals surface area contributed by atoms with Crippen LogP contribution in [0, 0.1) is 13.8 Å². The highest BCUT2D eigenvalue weighted by Crippen LogP contribution is 2.27. The molecule has 2 aromatic carbocycles. The third-order valence-electron chi connectivity index (χ3n) is 4.96. The highest BCUT2D eigenvalue weighted by Gasteiger charge is 2.29. The molecule has 0 radical (unpaired) electrons. The van der Waals surface area contributed by atoms with Crippen molar-refractivity contribution in [1.82, 2.24) is 9.80 Å². The molecule has 2 amide bonds. The molecular weight excluding hydrogens is 435 g/mol. The summed E-state index contributed by atoms with van der Waals surface area (Å²) in [5, 5.41) is 0. The van der Waals surface area contributed by atoms with Gasteiger partial charge in [0, 0.05) is 26.1 Å². The molecule has 6 nitrogen and oxygen atoms in total. The highest BCUT2D eigenvalue weighted by molar-refractivity contribution is 5.79. The molecular formula is C24H30F3N3O3. The van der Waals surface area contributed by atoms with Crippen LogP contribution >= 0.6 is 0 Å². The highest BCUT2D eigenvalue weighted by atomic mass is 19.4. The molecule has 2 aromatic rings. The minimum absolute atomic E-state index is 0.0695. The molecule has 0 saturated carbocycles. The predicted octanol–water partition coefficient (Wildman–Crippen LogP) is 3.58. The van der Waals surface area contributed by atoms with Crippen molar-refractivity contribution in [2.24, 2.45) is 5.73 Å². The molecule has 33 heavy (non-hydrogen) atoms. The van der Waals surface area contributed by atoms with Crippen molar-refractivity contribution in [3.8, 4) is 5.75 Å². The minimum atomic E-state index is -4.40. The van der Waals surface area contributed by atoms with Crippen molar-refractivity contribution in [2.75, 3.05) is 26.7 Å². The molecule has 0 heterocycles. The fraction of sp³-hybridized carbons (Fsp3) is 0.417. The number of hydrogen-bond donors (Lipinski definition) is 1. The van der Waals surface area contributed by atoms with Crippen LogP contribution in [0.5, 0.6) is 5.75 Å². The standard InChI is InChI=1S/C24H30F3N3O3/c1-17-11-20(12-18(2)23(17)33-16-24(25,26)27)13-29(3)15-22(32)30(10-9-21(28)31)14-19-7-5-4-6-8-19/h4-8,11-12H,9-10,13-16H2,1-3H3,(H2,28,31). The number of halogens is 3. The lowest BCUT2D eigenvalue weighted by molar-refractivity contribution is -0.153. The Balaban J connectivity index is 2.03. The number of rotatable bonds is 11. The number of carbonyl (C=O) groups excluding carboxylic acids is 2. The van der Waals surface area contributed by atoms with E-state index in [0.29, 0.717) is 24.2 Å². The molecule has 180 valence electrons. The molecule has 2 N–H and O–H groups in total. The van der Waals surface area contributed by atoms with E-state index in [4.69, 9.17) is 10.5 Å². The van der Waals surface area contributed by atoms with Gasteiger partial charge in [0.25, 0.3) is 0 Å². The molecule has 0 spiro atoms. The second-order valence-corrected chi connectivity index (χ2v) is 8.15. The van der Waals surface area contributed by atoms with Gasteiger partial charge in [0.05, 0.1) is 6.54 Å². The Morgan fingerprint density at radius 2 is 1.61 bits per heavy atom. The predicted molar refractivity (Wildman–Crippen MR) is 119 cm³/mol. The fourth-order valence-corrected chi connectivity index (χ4v) is 3.55. The first-order chi connectivity index (χ1) is 15.4. The number of likely N-dealkylation sites (N-methyl/N-ethyl adjacent to an activating group) is 1. The monoisotopic (exact) mass is 465 g/mol. The van der Waals surface area contributed by atoms with Crippen LogP contribution in [-0.4, -0.2) is 54.5 Å². The summed E-state index contributed by atoms with van der Waals surface area (Å²) in [4.78, 5) is 27.6. The summed E-state index contributed by atoms with van der Waals surface area (Å²) in [6.07, 6.45) is -4.33. The molecule has 2 rings (SSSR count). The first-order valence-corrected chi connectivity index (χ1v) is 10.5. The lowest BCUT2D eigenvalue weighted by atomic mass is 10.1. The van der Waals surface area contributed by atoms with Gasteiger partial charge >= 0.3 is 6.18 Å². The quantitative estimate of drug-likeness (QED) is 0.551. The Morgan fingerprint density at radius 3 is 2.15 bits per heavy atom. The molecule has 9 heteroatoms. The minimum Gasteiger partial charge on any atom is -0.484 e. The summed E-state index contributed by atoms with van der Waals surface area (Å²) in [5.41, 5.74) is 8.26. The summed E-state index contributed by atoms with van der Waals surface area (Å²) in [6.45, 7) is 3.16. The van der Waals surface area contributed by atoms with Gasteiger partial charge in [0.1, 0.15) is 5.75 Å². The molecule has 0 bridgehead atoms. The van der Waals surface area contributed by atoms with Crippen LogP contribution in [0.25, 0.3) is 0 Å². The summed E-state index contributed by atoms with van der Waals surface area (Å²) >= 11 is 0. The van der Waals surface area contributed by atoms with Gasteiger partial charge in [-0.25, -0.2) is 0 Å². The smallest absolute Gasteiger partial charge is 0.422 e. The third-order valence-corrected chi connectivity index (χ3v) is 4.96. The number of hydrogen-bond acceptors (Lipinski definition) is 4. The molecule has 0 aliphatic heterocycles. The molecule has 0 fully saturated rings. The van der Waals surface area contributed by atoms with E-state index in [0.717, 1.165) is 11.1 Å². The lowest BCUT2D eigenvalue weighted by Crippen LogP contribution is -2.40. The van der Waals surface area contributed by atoms with E-state index >= 15 is 0 Å². The number of alkyl halides is 3. The summed E-state index contributed by atoms with van der Waals surface area (Å²) < 4.78 is 42.4. The van der Waals surface area contributed by atoms with E-state index in [-0.39, 0.29) is 31.2 Å². The van der Waals surface area contributed by atoms with Crippen molar-refractivity contribution in [3.05, 3.63) is 64.7 Å². The van der Waals surface area contributed by atoms with Gasteiger partial charge in [0.15, 0.2) is 6.61 Å². The van der Waals surface area contributed by atoms with Crippen LogP contribution in [-0.2, 0) is 22.7 Å². The van der Waals surface area contributed by atoms with E-state index in [1.807, 2.05) is 35.2 Å². The van der Waals surface area contributed by atoms with Crippen LogP contribution in [0.1, 0.15) is 28.7 Å². The van der Waals surface area contributed by atoms with Crippen LogP contribution < -0.4 is 10.5 Å². The van der Waals surface area contributed by atoms with E-state index in [1.165, 1.54) is 0 Å². The normalized spacial score (nSPS) is 11.5. The Labute approximate surface area is 192 Å². The van der Waals surface area contributed by atoms with E-state index < -0.39 is 18.7 Å². The number of benzene rings is 2. The molecule has 0 aliphatic rings. The molecule has 0 aliphatic carbocycles. The zero-order chi connectivity index (χ0) is 24.6. The zero-order valence-corrected chi connectivity index (χ0v) is 19.1. The van der Waals surface area contributed by atoms with Gasteiger partial charge in [-0.2, -0.15) is 13.2 Å². The van der Waals surface area contributed by atoms with Crippen molar-refractivity contribution in [2.45, 2.75) is 39.5 Å². The van der Waals surface area contributed by atoms with Crippen molar-refractivity contribution in [1.29, 1.82) is 0 Å². The van der Waals surface area contributed by atoms with Crippen LogP contribution in [0.15, 0.2) is 42.5 Å². The van der Waals surface area contributed by atoms with Crippen LogP contribution in [0.3, 0.4) is 0 Å². The largest absolute Gasteiger partial charge is 0.484 e. The van der Waals surface area contributed by atoms with Crippen molar-refractivity contribution in [3.63, 3.8) is 0 Å². The number of ether oxygens (including phenoxy) is 1. The zero-order valence-electron chi connectivity index (χ0n) is 19.1. The summed E-state index contributed by atoms with van der Waals surface area (Å²) in [6, 6.07) is 13.0. The molecule has 0 atom stereocenters. The number of nitrogens with zero attached hydrogens (tertiary/aromatic N) is 2. The maximum absolute atomic E-state index is 12.9. The second kappa shape index (κ2) is 11.7. The van der Waals surface area contributed by atoms with Crippen LogP contribution in [0.4, 0.5) is 13.2 Å². The summed E-state index contributed by atoms with van der Waals surface area (Å²) in [7, 11) is 1.78. The van der Waals surface area contributed by atoms with Gasteiger partial charge in [-0.15, -0.1) is 0 Å². The van der Waals surface area contributed by atoms with Gasteiger partial charge in [-0.1, -0.05) is 42.5 Å². The number of nitrogens with two attached hydrogens (primary N) is 1. The Hall–Kier alpha value is -3.07. The number of primary amides is 1. The van der Waals surface area contributed by atoms with Gasteiger partial charge in [-0.05, 0) is 43.1 Å². The lowest BCUT2D eigenvalue weighted by Gasteiger charge is -2.26. The molecule has 0 saturated heterocycles. The maximum atomic E-state index is 12.9. The fourth-order valence-electron chi connectivity index (χ4n) is 3.55. The van der Waals surface area contributed by atoms with E-state index in [2.05, 4.69) is 0 Å². The SMILES string of the molecule is Cc1cc(CN(C)CC(=O)N(CCC(N)=O)Cc2ccccc2)cc(C)c1OCC(F)(F)F. The third kappa shape index (κ3) is 9.13.